The highest BCUT2D eigenvalue weighted by Crippen LogP contribution is 2.31. The average molecular weight is 266 g/mol. The molecule has 0 saturated heterocycles. The Balaban J connectivity index is 2.06. The minimum Gasteiger partial charge on any atom is -0.394 e. The Labute approximate surface area is 112 Å². The van der Waals surface area contributed by atoms with Crippen molar-refractivity contribution in [2.45, 2.75) is 31.8 Å². The van der Waals surface area contributed by atoms with Crippen molar-refractivity contribution in [2.24, 2.45) is 0 Å². The molecule has 0 spiro atoms. The van der Waals surface area contributed by atoms with Gasteiger partial charge in [0.05, 0.1) is 18.7 Å². The first-order valence-electron chi connectivity index (χ1n) is 6.45. The Morgan fingerprint density at radius 1 is 1.63 bits per heavy atom. The van der Waals surface area contributed by atoms with Crippen LogP contribution in [0.2, 0.25) is 0 Å². The van der Waals surface area contributed by atoms with Crippen LogP contribution in [-0.4, -0.2) is 35.7 Å². The topological polar surface area (TPSA) is 52.6 Å². The number of fused-ring (bicyclic) bond motifs is 1. The SMILES string of the molecule is CC(CO)N(C)C(=O)NC1CCc2ccc(F)cc21. The van der Waals surface area contributed by atoms with Crippen LogP contribution < -0.4 is 5.32 Å². The Kier molecular flexibility index (Phi) is 4.04. The minimum absolute atomic E-state index is 0.0835. The highest BCUT2D eigenvalue weighted by molar-refractivity contribution is 5.75. The summed E-state index contributed by atoms with van der Waals surface area (Å²) < 4.78 is 13.3. The van der Waals surface area contributed by atoms with Crippen LogP contribution in [0.3, 0.4) is 0 Å². The van der Waals surface area contributed by atoms with Gasteiger partial charge in [0.15, 0.2) is 0 Å². The van der Waals surface area contributed by atoms with Gasteiger partial charge in [-0.3, -0.25) is 0 Å². The van der Waals surface area contributed by atoms with Crippen molar-refractivity contribution in [3.05, 3.63) is 35.1 Å². The first-order chi connectivity index (χ1) is 9.02. The second-order valence-electron chi connectivity index (χ2n) is 5.03. The fourth-order valence-electron chi connectivity index (χ4n) is 2.30. The van der Waals surface area contributed by atoms with Crippen molar-refractivity contribution >= 4 is 6.03 Å². The van der Waals surface area contributed by atoms with Gasteiger partial charge >= 0.3 is 6.03 Å². The van der Waals surface area contributed by atoms with Crippen molar-refractivity contribution in [2.75, 3.05) is 13.7 Å². The third-order valence-electron chi connectivity index (χ3n) is 3.73. The number of carbonyl (C=O) groups is 1. The summed E-state index contributed by atoms with van der Waals surface area (Å²) in [5.74, 6) is -0.281. The van der Waals surface area contributed by atoms with E-state index in [1.165, 1.54) is 17.0 Å². The van der Waals surface area contributed by atoms with Crippen LogP contribution in [0.4, 0.5) is 9.18 Å². The normalized spacial score (nSPS) is 18.8. The second kappa shape index (κ2) is 5.57. The number of likely N-dealkylation sites (N-methyl/N-ethyl adjacent to an activating group) is 1. The van der Waals surface area contributed by atoms with Crippen LogP contribution in [0.1, 0.15) is 30.5 Å². The van der Waals surface area contributed by atoms with Gasteiger partial charge in [-0.25, -0.2) is 9.18 Å². The van der Waals surface area contributed by atoms with Crippen LogP contribution in [-0.2, 0) is 6.42 Å². The molecule has 1 aliphatic carbocycles. The number of hydrogen-bond acceptors (Lipinski definition) is 2. The minimum atomic E-state index is -0.281. The van der Waals surface area contributed by atoms with Gasteiger partial charge in [0.25, 0.3) is 0 Å². The number of benzene rings is 1. The summed E-state index contributed by atoms with van der Waals surface area (Å²) in [4.78, 5) is 13.5. The standard InChI is InChI=1S/C14H19FN2O2/c1-9(8-18)17(2)14(19)16-13-6-4-10-3-5-11(15)7-12(10)13/h3,5,7,9,13,18H,4,6,8H2,1-2H3,(H,16,19). The quantitative estimate of drug-likeness (QED) is 0.877. The van der Waals surface area contributed by atoms with Crippen LogP contribution in [0.25, 0.3) is 0 Å². The predicted molar refractivity (Wildman–Crippen MR) is 70.3 cm³/mol. The van der Waals surface area contributed by atoms with E-state index >= 15 is 0 Å². The lowest BCUT2D eigenvalue weighted by Crippen LogP contribution is -2.44. The van der Waals surface area contributed by atoms with E-state index in [-0.39, 0.29) is 30.5 Å². The first kappa shape index (κ1) is 13.8. The number of aliphatic hydroxyl groups excluding tert-OH is 1. The zero-order valence-corrected chi connectivity index (χ0v) is 11.2. The highest BCUT2D eigenvalue weighted by atomic mass is 19.1. The van der Waals surface area contributed by atoms with E-state index in [9.17, 15) is 9.18 Å². The summed E-state index contributed by atoms with van der Waals surface area (Å²) in [6.45, 7) is 1.68. The summed E-state index contributed by atoms with van der Waals surface area (Å²) in [5, 5.41) is 11.9. The average Bonchev–Trinajstić information content (AvgIpc) is 2.79. The molecule has 2 unspecified atom stereocenters. The molecule has 1 aliphatic rings. The molecule has 0 aliphatic heterocycles. The van der Waals surface area contributed by atoms with Crippen molar-refractivity contribution in [1.82, 2.24) is 10.2 Å². The molecule has 104 valence electrons. The van der Waals surface area contributed by atoms with Crippen molar-refractivity contribution < 1.29 is 14.3 Å². The molecule has 1 aromatic rings. The van der Waals surface area contributed by atoms with Gasteiger partial charge in [-0.2, -0.15) is 0 Å². The number of nitrogens with zero attached hydrogens (tertiary/aromatic N) is 1. The first-order valence-corrected chi connectivity index (χ1v) is 6.45. The van der Waals surface area contributed by atoms with E-state index in [1.54, 1.807) is 20.0 Å². The lowest BCUT2D eigenvalue weighted by atomic mass is 10.1. The molecule has 5 heteroatoms. The van der Waals surface area contributed by atoms with Gasteiger partial charge in [-0.15, -0.1) is 0 Å². The van der Waals surface area contributed by atoms with Gasteiger partial charge in [0, 0.05) is 7.05 Å². The molecular weight excluding hydrogens is 247 g/mol. The third-order valence-corrected chi connectivity index (χ3v) is 3.73. The van der Waals surface area contributed by atoms with E-state index in [1.807, 2.05) is 0 Å². The van der Waals surface area contributed by atoms with E-state index in [2.05, 4.69) is 5.32 Å². The number of hydrogen-bond donors (Lipinski definition) is 2. The Morgan fingerprint density at radius 2 is 2.37 bits per heavy atom. The number of carbonyl (C=O) groups excluding carboxylic acids is 1. The second-order valence-corrected chi connectivity index (χ2v) is 5.03. The monoisotopic (exact) mass is 266 g/mol. The summed E-state index contributed by atoms with van der Waals surface area (Å²) >= 11 is 0. The van der Waals surface area contributed by atoms with E-state index in [4.69, 9.17) is 5.11 Å². The fourth-order valence-corrected chi connectivity index (χ4v) is 2.30. The largest absolute Gasteiger partial charge is 0.394 e. The number of amides is 2. The molecule has 19 heavy (non-hydrogen) atoms. The molecule has 2 amide bonds. The molecule has 0 heterocycles. The highest BCUT2D eigenvalue weighted by Gasteiger charge is 2.26. The maximum Gasteiger partial charge on any atom is 0.317 e. The van der Waals surface area contributed by atoms with Crippen molar-refractivity contribution in [1.29, 1.82) is 0 Å². The van der Waals surface area contributed by atoms with Crippen LogP contribution >= 0.6 is 0 Å². The molecule has 0 fully saturated rings. The van der Waals surface area contributed by atoms with Gasteiger partial charge in [-0.05, 0) is 43.0 Å². The fraction of sp³-hybridized carbons (Fsp3) is 0.500. The molecule has 2 N–H and O–H groups in total. The zero-order chi connectivity index (χ0) is 14.0. The summed E-state index contributed by atoms with van der Waals surface area (Å²) in [7, 11) is 1.64. The van der Waals surface area contributed by atoms with Crippen molar-refractivity contribution in [3.63, 3.8) is 0 Å². The maximum atomic E-state index is 13.3. The molecule has 0 radical (unpaired) electrons. The number of aryl methyl sites for hydroxylation is 1. The third kappa shape index (κ3) is 2.87. The number of rotatable bonds is 3. The Hall–Kier alpha value is -1.62. The lowest BCUT2D eigenvalue weighted by molar-refractivity contribution is 0.155. The van der Waals surface area contributed by atoms with Gasteiger partial charge < -0.3 is 15.3 Å². The van der Waals surface area contributed by atoms with Gasteiger partial charge in [0.2, 0.25) is 0 Å². The maximum absolute atomic E-state index is 13.3. The summed E-state index contributed by atoms with van der Waals surface area (Å²) in [6.07, 6.45) is 1.63. The van der Waals surface area contributed by atoms with E-state index < -0.39 is 0 Å². The van der Waals surface area contributed by atoms with E-state index in [0.29, 0.717) is 0 Å². The van der Waals surface area contributed by atoms with Crippen molar-refractivity contribution in [3.8, 4) is 0 Å². The molecule has 0 saturated carbocycles. The number of nitrogens with one attached hydrogen (secondary N) is 1. The van der Waals surface area contributed by atoms with Crippen LogP contribution in [0.5, 0.6) is 0 Å². The molecule has 2 rings (SSSR count). The predicted octanol–water partition coefficient (Wildman–Crippen LogP) is 1.84. The zero-order valence-electron chi connectivity index (χ0n) is 11.2. The summed E-state index contributed by atoms with van der Waals surface area (Å²) in [6, 6.07) is 4.08. The van der Waals surface area contributed by atoms with Gasteiger partial charge in [-0.1, -0.05) is 6.07 Å². The molecular formula is C14H19FN2O2. The van der Waals surface area contributed by atoms with Crippen LogP contribution in [0, 0.1) is 5.82 Å². The van der Waals surface area contributed by atoms with Gasteiger partial charge in [0.1, 0.15) is 5.82 Å². The number of aliphatic hydroxyl groups is 1. The molecule has 2 atom stereocenters. The molecule has 4 nitrogen and oxygen atoms in total. The summed E-state index contributed by atoms with van der Waals surface area (Å²) in [5.41, 5.74) is 1.95. The van der Waals surface area contributed by atoms with E-state index in [0.717, 1.165) is 24.0 Å². The smallest absolute Gasteiger partial charge is 0.317 e. The molecule has 0 aromatic heterocycles. The van der Waals surface area contributed by atoms with Crippen LogP contribution in [0.15, 0.2) is 18.2 Å². The molecule has 0 bridgehead atoms. The number of urea groups is 1. The Morgan fingerprint density at radius 3 is 3.05 bits per heavy atom. The molecule has 1 aromatic carbocycles. The lowest BCUT2D eigenvalue weighted by Gasteiger charge is -2.25. The Bertz CT molecular complexity index is 479. The number of halogens is 1.